The second-order valence-electron chi connectivity index (χ2n) is 8.06. The average Bonchev–Trinajstić information content (AvgIpc) is 3.42. The highest BCUT2D eigenvalue weighted by molar-refractivity contribution is 5.96. The van der Waals surface area contributed by atoms with Crippen molar-refractivity contribution in [2.24, 2.45) is 0 Å². The fourth-order valence-electron chi connectivity index (χ4n) is 4.57. The van der Waals surface area contributed by atoms with E-state index < -0.39 is 11.8 Å². The van der Waals surface area contributed by atoms with Gasteiger partial charge in [0.05, 0.1) is 17.4 Å². The number of carbonyl (C=O) groups excluding carboxylic acids is 2. The molecule has 0 spiro atoms. The number of amides is 1. The Morgan fingerprint density at radius 2 is 1.91 bits per heavy atom. The van der Waals surface area contributed by atoms with Gasteiger partial charge in [-0.25, -0.2) is 0 Å². The first kappa shape index (κ1) is 27.1. The summed E-state index contributed by atoms with van der Waals surface area (Å²) in [6.07, 6.45) is 9.83. The summed E-state index contributed by atoms with van der Waals surface area (Å²) < 4.78 is 2.18. The summed E-state index contributed by atoms with van der Waals surface area (Å²) in [6, 6.07) is 6.17. The molecule has 1 aromatic carbocycles. The Morgan fingerprint density at radius 1 is 1.18 bits per heavy atom. The number of rotatable bonds is 10. The summed E-state index contributed by atoms with van der Waals surface area (Å²) in [6.45, 7) is 11.7. The van der Waals surface area contributed by atoms with Crippen LogP contribution in [0.3, 0.4) is 0 Å². The molecule has 0 bridgehead atoms. The van der Waals surface area contributed by atoms with Gasteiger partial charge in [0.25, 0.3) is 0 Å². The minimum Gasteiger partial charge on any atom is -0.364 e. The summed E-state index contributed by atoms with van der Waals surface area (Å²) in [5.41, 5.74) is 5.96. The number of benzene rings is 1. The van der Waals surface area contributed by atoms with Crippen molar-refractivity contribution in [2.45, 2.75) is 66.0 Å². The van der Waals surface area contributed by atoms with Crippen LogP contribution >= 0.6 is 0 Å². The summed E-state index contributed by atoms with van der Waals surface area (Å²) in [7, 11) is 3.55. The van der Waals surface area contributed by atoms with Gasteiger partial charge < -0.3 is 25.0 Å². The zero-order chi connectivity index (χ0) is 25.3. The van der Waals surface area contributed by atoms with E-state index in [9.17, 15) is 9.59 Å². The van der Waals surface area contributed by atoms with Gasteiger partial charge >= 0.3 is 0 Å². The van der Waals surface area contributed by atoms with Gasteiger partial charge in [0, 0.05) is 43.6 Å². The number of carbonyl (C=O) groups is 2. The predicted octanol–water partition coefficient (Wildman–Crippen LogP) is 5.28. The molecule has 3 aromatic rings. The van der Waals surface area contributed by atoms with E-state index in [0.29, 0.717) is 0 Å². The summed E-state index contributed by atoms with van der Waals surface area (Å²) in [4.78, 5) is 29.0. The number of hydrogen-bond donors (Lipinski definition) is 3. The molecule has 3 rings (SSSR count). The highest BCUT2D eigenvalue weighted by Gasteiger charge is 2.35. The minimum atomic E-state index is -0.637. The molecular weight excluding hydrogens is 424 g/mol. The lowest BCUT2D eigenvalue weighted by atomic mass is 9.80. The standard InChI is InChI=1S/C26H34N4O2.C2H6/c1-6-8-11-19-17(3)29-14-21(19)23(16-31)24(26(32)28-5)22-15-30(7-2)25-18(13-27-4)10-9-12-20(22)25;1-2/h8-12,14-16,23-24,27,29H,6-7,13H2,1-5H3,(H,28,32);1-2H3/b11-8-;. The average molecular weight is 465 g/mol. The van der Waals surface area contributed by atoms with Crippen molar-refractivity contribution < 1.29 is 9.59 Å². The molecule has 2 heterocycles. The highest BCUT2D eigenvalue weighted by atomic mass is 16.2. The number of H-pyrrole nitrogens is 1. The monoisotopic (exact) mass is 464 g/mol. The van der Waals surface area contributed by atoms with Crippen molar-refractivity contribution in [3.63, 3.8) is 0 Å². The maximum Gasteiger partial charge on any atom is 0.228 e. The molecule has 6 nitrogen and oxygen atoms in total. The highest BCUT2D eigenvalue weighted by Crippen LogP contribution is 2.39. The third kappa shape index (κ3) is 5.33. The number of allylic oxidation sites excluding steroid dienone is 1. The van der Waals surface area contributed by atoms with Crippen molar-refractivity contribution in [1.82, 2.24) is 20.2 Å². The Morgan fingerprint density at radius 3 is 2.50 bits per heavy atom. The van der Waals surface area contributed by atoms with E-state index in [1.54, 1.807) is 7.05 Å². The van der Waals surface area contributed by atoms with Gasteiger partial charge in [0.1, 0.15) is 6.29 Å². The smallest absolute Gasteiger partial charge is 0.228 e. The molecule has 0 radical (unpaired) electrons. The van der Waals surface area contributed by atoms with E-state index in [1.165, 1.54) is 5.56 Å². The van der Waals surface area contributed by atoms with Gasteiger partial charge in [-0.05, 0) is 49.6 Å². The number of nitrogens with one attached hydrogen (secondary N) is 3. The molecule has 0 fully saturated rings. The quantitative estimate of drug-likeness (QED) is 0.357. The number of para-hydroxylation sites is 1. The third-order valence-corrected chi connectivity index (χ3v) is 6.13. The predicted molar refractivity (Wildman–Crippen MR) is 142 cm³/mol. The van der Waals surface area contributed by atoms with Crippen molar-refractivity contribution in [2.75, 3.05) is 14.1 Å². The molecule has 3 N–H and O–H groups in total. The molecule has 2 unspecified atom stereocenters. The normalized spacial score (nSPS) is 12.9. The number of fused-ring (bicyclic) bond motifs is 1. The molecular formula is C28H40N4O2. The zero-order valence-corrected chi connectivity index (χ0v) is 21.7. The van der Waals surface area contributed by atoms with E-state index >= 15 is 0 Å². The topological polar surface area (TPSA) is 78.9 Å². The molecule has 6 heteroatoms. The molecule has 2 atom stereocenters. The Hall–Kier alpha value is -3.12. The second-order valence-corrected chi connectivity index (χ2v) is 8.06. The molecule has 34 heavy (non-hydrogen) atoms. The maximum atomic E-state index is 13.3. The van der Waals surface area contributed by atoms with Crippen LogP contribution < -0.4 is 10.6 Å². The lowest BCUT2D eigenvalue weighted by Gasteiger charge is -2.22. The van der Waals surface area contributed by atoms with Crippen LogP contribution in [-0.4, -0.2) is 35.8 Å². The van der Waals surface area contributed by atoms with Gasteiger partial charge in [0.15, 0.2) is 0 Å². The van der Waals surface area contributed by atoms with Crippen LogP contribution in [0.25, 0.3) is 17.0 Å². The van der Waals surface area contributed by atoms with E-state index in [2.05, 4.69) is 46.2 Å². The van der Waals surface area contributed by atoms with Crippen molar-refractivity contribution >= 4 is 29.2 Å². The Balaban J connectivity index is 0.00000199. The number of hydrogen-bond acceptors (Lipinski definition) is 3. The Labute approximate surface area is 203 Å². The molecule has 0 saturated carbocycles. The fourth-order valence-corrected chi connectivity index (χ4v) is 4.57. The lowest BCUT2D eigenvalue weighted by molar-refractivity contribution is -0.124. The van der Waals surface area contributed by atoms with Gasteiger partial charge in [-0.1, -0.05) is 51.1 Å². The Kier molecular flexibility index (Phi) is 10.3. The van der Waals surface area contributed by atoms with Crippen molar-refractivity contribution in [1.29, 1.82) is 0 Å². The first-order chi connectivity index (χ1) is 16.5. The number of nitrogens with zero attached hydrogens (tertiary/aromatic N) is 1. The number of aldehydes is 1. The number of aromatic nitrogens is 2. The lowest BCUT2D eigenvalue weighted by Crippen LogP contribution is -2.31. The van der Waals surface area contributed by atoms with Crippen molar-refractivity contribution in [3.05, 3.63) is 64.6 Å². The molecule has 0 saturated heterocycles. The number of aromatic amines is 1. The van der Waals surface area contributed by atoms with Crippen molar-refractivity contribution in [3.8, 4) is 0 Å². The first-order valence-corrected chi connectivity index (χ1v) is 12.3. The molecule has 0 aliphatic carbocycles. The van der Waals surface area contributed by atoms with Gasteiger partial charge in [-0.2, -0.15) is 0 Å². The van der Waals surface area contributed by atoms with E-state index in [4.69, 9.17) is 0 Å². The summed E-state index contributed by atoms with van der Waals surface area (Å²) >= 11 is 0. The van der Waals surface area contributed by atoms with E-state index in [-0.39, 0.29) is 5.91 Å². The van der Waals surface area contributed by atoms with Gasteiger partial charge in [-0.3, -0.25) is 4.79 Å². The Bertz CT molecular complexity index is 1120. The molecule has 1 amide bonds. The number of likely N-dealkylation sites (N-methyl/N-ethyl adjacent to an activating group) is 1. The first-order valence-electron chi connectivity index (χ1n) is 12.3. The number of aryl methyl sites for hydroxylation is 2. The van der Waals surface area contributed by atoms with E-state index in [0.717, 1.165) is 59.1 Å². The summed E-state index contributed by atoms with van der Waals surface area (Å²) in [5, 5.41) is 7.04. The second kappa shape index (κ2) is 12.9. The molecule has 184 valence electrons. The SMILES string of the molecule is CC.CC/C=C\c1c(C(C=O)C(C(=O)NC)c2cn(CC)c3c(CNC)cccc23)c[nH]c1C. The van der Waals surface area contributed by atoms with Crippen LogP contribution in [0.2, 0.25) is 0 Å². The molecule has 0 aliphatic heterocycles. The van der Waals surface area contributed by atoms with Crippen LogP contribution in [0.5, 0.6) is 0 Å². The van der Waals surface area contributed by atoms with E-state index in [1.807, 2.05) is 58.4 Å². The van der Waals surface area contributed by atoms with Gasteiger partial charge in [0.2, 0.25) is 5.91 Å². The van der Waals surface area contributed by atoms with Crippen LogP contribution in [0, 0.1) is 6.92 Å². The molecule has 0 aliphatic rings. The summed E-state index contributed by atoms with van der Waals surface area (Å²) in [5.74, 6) is -1.41. The fraction of sp³-hybridized carbons (Fsp3) is 0.429. The van der Waals surface area contributed by atoms with Crippen LogP contribution in [0.1, 0.15) is 73.9 Å². The van der Waals surface area contributed by atoms with Gasteiger partial charge in [-0.15, -0.1) is 0 Å². The van der Waals surface area contributed by atoms with Crippen LogP contribution in [-0.2, 0) is 22.7 Å². The molecule has 2 aromatic heterocycles. The van der Waals surface area contributed by atoms with Crippen LogP contribution in [0.15, 0.2) is 36.7 Å². The maximum absolute atomic E-state index is 13.3. The van der Waals surface area contributed by atoms with Crippen LogP contribution in [0.4, 0.5) is 0 Å². The third-order valence-electron chi connectivity index (χ3n) is 6.13. The largest absolute Gasteiger partial charge is 0.364 e. The minimum absolute atomic E-state index is 0.166. The zero-order valence-electron chi connectivity index (χ0n) is 21.7.